The number of benzene rings is 2. The Morgan fingerprint density at radius 1 is 1.23 bits per heavy atom. The van der Waals surface area contributed by atoms with E-state index < -0.39 is 12.0 Å². The predicted octanol–water partition coefficient (Wildman–Crippen LogP) is 4.69. The van der Waals surface area contributed by atoms with Gasteiger partial charge in [-0.2, -0.15) is 0 Å². The summed E-state index contributed by atoms with van der Waals surface area (Å²) in [6.45, 7) is 8.05. The Morgan fingerprint density at radius 2 is 1.94 bits per heavy atom. The molecule has 0 aliphatic carbocycles. The molecule has 4 rings (SSSR count). The highest BCUT2D eigenvalue weighted by atomic mass is 79.9. The summed E-state index contributed by atoms with van der Waals surface area (Å²) in [5, 5.41) is 0. The molecule has 0 radical (unpaired) electrons. The molecule has 2 aromatic carbocycles. The average molecular weight is 555 g/mol. The number of methoxy groups -OCH3 is 1. The third kappa shape index (κ3) is 4.90. The fraction of sp³-hybridized carbons (Fsp3) is 0.296. The lowest BCUT2D eigenvalue weighted by molar-refractivity contribution is -0.139. The Balaban J connectivity index is 1.95. The maximum atomic E-state index is 13.7. The second-order valence-corrected chi connectivity index (χ2v) is 10.4. The van der Waals surface area contributed by atoms with Gasteiger partial charge in [0.15, 0.2) is 4.80 Å². The molecule has 1 aliphatic rings. The van der Waals surface area contributed by atoms with E-state index in [1.807, 2.05) is 42.5 Å². The van der Waals surface area contributed by atoms with Gasteiger partial charge in [-0.25, -0.2) is 9.79 Å². The van der Waals surface area contributed by atoms with Gasteiger partial charge in [0.25, 0.3) is 5.56 Å². The zero-order chi connectivity index (χ0) is 25.3. The van der Waals surface area contributed by atoms with Crippen LogP contribution in [0.15, 0.2) is 68.0 Å². The molecule has 0 saturated heterocycles. The van der Waals surface area contributed by atoms with Gasteiger partial charge in [0.05, 0.1) is 35.6 Å². The van der Waals surface area contributed by atoms with E-state index in [1.165, 1.54) is 16.9 Å². The maximum Gasteiger partial charge on any atom is 0.338 e. The van der Waals surface area contributed by atoms with Gasteiger partial charge in [0.2, 0.25) is 0 Å². The molecular weight excluding hydrogens is 528 g/mol. The number of esters is 1. The van der Waals surface area contributed by atoms with Crippen LogP contribution >= 0.6 is 27.3 Å². The Morgan fingerprint density at radius 3 is 2.57 bits per heavy atom. The van der Waals surface area contributed by atoms with Crippen LogP contribution in [0, 0.1) is 0 Å². The lowest BCUT2D eigenvalue weighted by Gasteiger charge is -2.25. The van der Waals surface area contributed by atoms with Crippen LogP contribution < -0.4 is 19.6 Å². The molecule has 182 valence electrons. The number of halogens is 1. The molecule has 2 heterocycles. The molecule has 3 aromatic rings. The number of hydrogen-bond donors (Lipinski definition) is 0. The first-order valence-electron chi connectivity index (χ1n) is 11.4. The smallest absolute Gasteiger partial charge is 0.338 e. The molecule has 0 amide bonds. The number of hydrogen-bond acceptors (Lipinski definition) is 6. The molecule has 6 nitrogen and oxygen atoms in total. The number of allylic oxidation sites excluding steroid dienone is 1. The first kappa shape index (κ1) is 25.1. The summed E-state index contributed by atoms with van der Waals surface area (Å²) in [7, 11) is 1.60. The number of ether oxygens (including phenoxy) is 2. The summed E-state index contributed by atoms with van der Waals surface area (Å²) in [6, 6.07) is 13.0. The van der Waals surface area contributed by atoms with E-state index >= 15 is 0 Å². The topological polar surface area (TPSA) is 69.9 Å². The van der Waals surface area contributed by atoms with Crippen LogP contribution in [0.2, 0.25) is 0 Å². The van der Waals surface area contributed by atoms with Crippen molar-refractivity contribution in [2.75, 3.05) is 13.7 Å². The fourth-order valence-corrected chi connectivity index (χ4v) is 5.55. The number of carbonyl (C=O) groups is 1. The molecule has 8 heteroatoms. The molecule has 0 fully saturated rings. The van der Waals surface area contributed by atoms with Gasteiger partial charge in [-0.05, 0) is 55.2 Å². The molecule has 1 atom stereocenters. The third-order valence-corrected chi connectivity index (χ3v) is 7.39. The molecule has 0 saturated carbocycles. The van der Waals surface area contributed by atoms with Crippen LogP contribution in [-0.4, -0.2) is 24.3 Å². The SMILES string of the molecule is CCOC(=O)C1=C(C)N=c2s/c(=C\c3cc(Br)ccc3OC)c(=O)n2[C@H]1c1ccc(C(C)C)cc1. The van der Waals surface area contributed by atoms with Gasteiger partial charge in [-0.3, -0.25) is 9.36 Å². The van der Waals surface area contributed by atoms with Crippen molar-refractivity contribution < 1.29 is 14.3 Å². The molecule has 0 N–H and O–H groups in total. The van der Waals surface area contributed by atoms with Crippen molar-refractivity contribution in [3.63, 3.8) is 0 Å². The normalized spacial score (nSPS) is 15.7. The highest BCUT2D eigenvalue weighted by Crippen LogP contribution is 2.31. The summed E-state index contributed by atoms with van der Waals surface area (Å²) >= 11 is 4.77. The first-order chi connectivity index (χ1) is 16.7. The fourth-order valence-electron chi connectivity index (χ4n) is 4.13. The lowest BCUT2D eigenvalue weighted by Crippen LogP contribution is -2.39. The molecular formula is C27H27BrN2O4S. The minimum atomic E-state index is -0.627. The minimum absolute atomic E-state index is 0.219. The van der Waals surface area contributed by atoms with Gasteiger partial charge in [-0.15, -0.1) is 0 Å². The molecule has 0 spiro atoms. The minimum Gasteiger partial charge on any atom is -0.496 e. The van der Waals surface area contributed by atoms with E-state index in [2.05, 4.69) is 34.8 Å². The number of thiazole rings is 1. The summed E-state index contributed by atoms with van der Waals surface area (Å²) in [5.74, 6) is 0.561. The van der Waals surface area contributed by atoms with Gasteiger partial charge >= 0.3 is 5.97 Å². The van der Waals surface area contributed by atoms with Crippen LogP contribution in [0.3, 0.4) is 0 Å². The number of nitrogens with zero attached hydrogens (tertiary/aromatic N) is 2. The van der Waals surface area contributed by atoms with Crippen molar-refractivity contribution in [2.24, 2.45) is 4.99 Å². The van der Waals surface area contributed by atoms with E-state index in [-0.39, 0.29) is 12.2 Å². The Labute approximate surface area is 216 Å². The van der Waals surface area contributed by atoms with Crippen LogP contribution in [0.4, 0.5) is 0 Å². The zero-order valence-corrected chi connectivity index (χ0v) is 22.7. The van der Waals surface area contributed by atoms with Gasteiger partial charge in [0, 0.05) is 10.0 Å². The standard InChI is InChI=1S/C27H27BrN2O4S/c1-6-34-26(32)23-16(4)29-27-30(24(23)18-9-7-17(8-10-18)15(2)3)25(31)22(35-27)14-19-13-20(28)11-12-21(19)33-5/h7-15,24H,6H2,1-5H3/b22-14-/t24-/m0/s1. The van der Waals surface area contributed by atoms with Crippen LogP contribution in [0.1, 0.15) is 56.3 Å². The van der Waals surface area contributed by atoms with E-state index in [9.17, 15) is 9.59 Å². The van der Waals surface area contributed by atoms with Crippen LogP contribution in [-0.2, 0) is 9.53 Å². The first-order valence-corrected chi connectivity index (χ1v) is 13.0. The average Bonchev–Trinajstić information content (AvgIpc) is 3.13. The van der Waals surface area contributed by atoms with Crippen molar-refractivity contribution in [1.29, 1.82) is 0 Å². The maximum absolute atomic E-state index is 13.7. The molecule has 0 bridgehead atoms. The predicted molar refractivity (Wildman–Crippen MR) is 142 cm³/mol. The van der Waals surface area contributed by atoms with Crippen molar-refractivity contribution in [3.05, 3.63) is 94.6 Å². The van der Waals surface area contributed by atoms with E-state index in [1.54, 1.807) is 31.6 Å². The van der Waals surface area contributed by atoms with E-state index in [0.717, 1.165) is 15.6 Å². The van der Waals surface area contributed by atoms with Gasteiger partial charge in [0.1, 0.15) is 5.75 Å². The van der Waals surface area contributed by atoms with Crippen molar-refractivity contribution >= 4 is 39.3 Å². The summed E-state index contributed by atoms with van der Waals surface area (Å²) in [4.78, 5) is 32.0. The largest absolute Gasteiger partial charge is 0.496 e. The van der Waals surface area contributed by atoms with Gasteiger partial charge < -0.3 is 9.47 Å². The number of fused-ring (bicyclic) bond motifs is 1. The lowest BCUT2D eigenvalue weighted by atomic mass is 9.93. The Bertz CT molecular complexity index is 1480. The highest BCUT2D eigenvalue weighted by molar-refractivity contribution is 9.10. The van der Waals surface area contributed by atoms with Crippen LogP contribution in [0.25, 0.3) is 6.08 Å². The summed E-state index contributed by atoms with van der Waals surface area (Å²) < 4.78 is 13.8. The van der Waals surface area contributed by atoms with E-state index in [4.69, 9.17) is 9.47 Å². The van der Waals surface area contributed by atoms with Crippen LogP contribution in [0.5, 0.6) is 5.75 Å². The molecule has 1 aliphatic heterocycles. The van der Waals surface area contributed by atoms with Crippen molar-refractivity contribution in [1.82, 2.24) is 4.57 Å². The Kier molecular flexibility index (Phi) is 7.42. The number of rotatable bonds is 6. The second-order valence-electron chi connectivity index (χ2n) is 8.51. The quantitative estimate of drug-likeness (QED) is 0.414. The molecule has 0 unspecified atom stereocenters. The highest BCUT2D eigenvalue weighted by Gasteiger charge is 2.33. The summed E-state index contributed by atoms with van der Waals surface area (Å²) in [5.41, 5.74) is 3.49. The van der Waals surface area contributed by atoms with Crippen molar-refractivity contribution in [3.8, 4) is 5.75 Å². The zero-order valence-electron chi connectivity index (χ0n) is 20.3. The number of carbonyl (C=O) groups excluding carboxylic acids is 1. The second kappa shape index (κ2) is 10.3. The molecule has 35 heavy (non-hydrogen) atoms. The van der Waals surface area contributed by atoms with Gasteiger partial charge in [-0.1, -0.05) is 65.4 Å². The van der Waals surface area contributed by atoms with Crippen molar-refractivity contribution in [2.45, 2.75) is 39.7 Å². The summed E-state index contributed by atoms with van der Waals surface area (Å²) in [6.07, 6.45) is 1.80. The third-order valence-electron chi connectivity index (χ3n) is 5.91. The number of aromatic nitrogens is 1. The monoisotopic (exact) mass is 554 g/mol. The Hall–Kier alpha value is -2.97. The van der Waals surface area contributed by atoms with E-state index in [0.29, 0.717) is 32.3 Å². The molecule has 1 aromatic heterocycles.